The van der Waals surface area contributed by atoms with E-state index < -0.39 is 66.2 Å². The second-order valence-corrected chi connectivity index (χ2v) is 25.0. The summed E-state index contributed by atoms with van der Waals surface area (Å²) in [5, 5.41) is 44.0. The number of pyridine rings is 2. The number of carboxylic acids is 1. The lowest BCUT2D eigenvalue weighted by Crippen LogP contribution is -2.40. The van der Waals surface area contributed by atoms with Crippen LogP contribution in [0.1, 0.15) is 133 Å². The Morgan fingerprint density at radius 2 is 1.46 bits per heavy atom. The van der Waals surface area contributed by atoms with Gasteiger partial charge in [-0.3, -0.25) is 33.8 Å². The molecule has 8 aromatic heterocycles. The van der Waals surface area contributed by atoms with Gasteiger partial charge in [-0.15, -0.1) is 68.0 Å². The zero-order valence-electron chi connectivity index (χ0n) is 45.0. The number of ketones is 1. The minimum absolute atomic E-state index is 0.0188. The van der Waals surface area contributed by atoms with Gasteiger partial charge in [0.15, 0.2) is 5.78 Å². The van der Waals surface area contributed by atoms with Crippen molar-refractivity contribution in [3.8, 4) is 43.4 Å². The Balaban J connectivity index is 1.04. The van der Waals surface area contributed by atoms with E-state index in [2.05, 4.69) is 36.6 Å². The SMILES string of the molecule is CNC(=O)C[C@@H]1NC(=O)c2csc(n2)-c2ccc(-c3nc(NC(=O)c4ccc(C(=O)O)cn4)cs3)nc2-c2csc(n2)-c2csc(n2)[C@H]([C@@H](O)c2ccccc2)NC(=O)CNC(=O)c2nc(sc2COC)[C@@H](C(C)C)CC(=O)c2nc1sc2C. The van der Waals surface area contributed by atoms with Crippen LogP contribution in [0.3, 0.4) is 0 Å². The number of nitrogens with one attached hydrogen (secondary N) is 5. The van der Waals surface area contributed by atoms with Crippen LogP contribution in [0, 0.1) is 12.8 Å². The van der Waals surface area contributed by atoms with Crippen molar-refractivity contribution in [3.63, 3.8) is 0 Å². The van der Waals surface area contributed by atoms with Gasteiger partial charge >= 0.3 is 5.97 Å². The van der Waals surface area contributed by atoms with Gasteiger partial charge in [0.05, 0.1) is 46.8 Å². The molecule has 84 heavy (non-hydrogen) atoms. The van der Waals surface area contributed by atoms with Gasteiger partial charge in [0.25, 0.3) is 17.7 Å². The first-order chi connectivity index (χ1) is 40.4. The van der Waals surface area contributed by atoms with Gasteiger partial charge in [0.1, 0.15) is 82.9 Å². The number of carboxylic acid groups (broad SMARTS) is 1. The summed E-state index contributed by atoms with van der Waals surface area (Å²) in [5.41, 5.74) is 2.59. The van der Waals surface area contributed by atoms with E-state index >= 15 is 0 Å². The van der Waals surface area contributed by atoms with Crippen LogP contribution in [-0.2, 0) is 20.9 Å². The molecule has 0 unspecified atom stereocenters. The molecule has 430 valence electrons. The lowest BCUT2D eigenvalue weighted by Gasteiger charge is -2.23. The highest BCUT2D eigenvalue weighted by Crippen LogP contribution is 2.41. The number of aromatic carboxylic acids is 1. The highest BCUT2D eigenvalue weighted by molar-refractivity contribution is 7.15. The van der Waals surface area contributed by atoms with Crippen LogP contribution in [0.15, 0.2) is 82.3 Å². The molecule has 29 heteroatoms. The average molecular weight is 1240 g/mol. The van der Waals surface area contributed by atoms with Gasteiger partial charge in [-0.05, 0) is 42.7 Å². The number of aromatic nitrogens is 8. The molecular weight excluding hydrogens is 1200 g/mol. The summed E-state index contributed by atoms with van der Waals surface area (Å²) >= 11 is 7.17. The van der Waals surface area contributed by atoms with Crippen LogP contribution in [0.4, 0.5) is 5.82 Å². The third kappa shape index (κ3) is 13.1. The number of rotatable bonds is 11. The summed E-state index contributed by atoms with van der Waals surface area (Å²) in [6, 6.07) is 12.7. The number of benzene rings is 1. The smallest absolute Gasteiger partial charge is 0.337 e. The number of aliphatic hydroxyl groups excluding tert-OH is 1. The van der Waals surface area contributed by atoms with E-state index in [1.807, 2.05) is 13.8 Å². The van der Waals surface area contributed by atoms with Gasteiger partial charge in [-0.25, -0.2) is 39.7 Å². The maximum Gasteiger partial charge on any atom is 0.337 e. The Kier molecular flexibility index (Phi) is 18.0. The van der Waals surface area contributed by atoms with E-state index in [0.29, 0.717) is 73.7 Å². The van der Waals surface area contributed by atoms with Crippen LogP contribution >= 0.6 is 68.0 Å². The number of anilines is 1. The molecule has 0 aliphatic carbocycles. The lowest BCUT2D eigenvalue weighted by atomic mass is 9.90. The predicted molar refractivity (Wildman–Crippen MR) is 318 cm³/mol. The van der Waals surface area contributed by atoms with E-state index in [0.717, 1.165) is 17.5 Å². The molecule has 0 saturated carbocycles. The second-order valence-electron chi connectivity index (χ2n) is 19.1. The maximum absolute atomic E-state index is 14.4. The molecule has 5 amide bonds. The fourth-order valence-electron chi connectivity index (χ4n) is 8.73. The lowest BCUT2D eigenvalue weighted by molar-refractivity contribution is -0.122. The van der Waals surface area contributed by atoms with Gasteiger partial charge in [0, 0.05) is 64.7 Å². The summed E-state index contributed by atoms with van der Waals surface area (Å²) in [4.78, 5) is 133. The molecule has 4 atom stereocenters. The number of ether oxygens (including phenoxy) is 1. The third-order valence-electron chi connectivity index (χ3n) is 13.1. The van der Waals surface area contributed by atoms with E-state index in [9.17, 15) is 43.8 Å². The predicted octanol–water partition coefficient (Wildman–Crippen LogP) is 8.54. The summed E-state index contributed by atoms with van der Waals surface area (Å²) in [7, 11) is 2.95. The van der Waals surface area contributed by atoms with Crippen molar-refractivity contribution in [1.29, 1.82) is 0 Å². The van der Waals surface area contributed by atoms with Crippen LogP contribution in [0.5, 0.6) is 0 Å². The quantitative estimate of drug-likeness (QED) is 0.0637. The van der Waals surface area contributed by atoms with Crippen molar-refractivity contribution in [2.45, 2.75) is 64.3 Å². The number of amides is 5. The Labute approximate surface area is 502 Å². The average Bonchev–Trinajstić information content (AvgIpc) is 3.76. The van der Waals surface area contributed by atoms with E-state index in [4.69, 9.17) is 34.6 Å². The van der Waals surface area contributed by atoms with Crippen molar-refractivity contribution in [2.24, 2.45) is 5.92 Å². The van der Waals surface area contributed by atoms with Crippen molar-refractivity contribution < 1.29 is 48.5 Å². The fraction of sp³-hybridized carbons (Fsp3) is 0.255. The number of carbonyl (C=O) groups excluding carboxylic acids is 6. The number of fused-ring (bicyclic) bond motifs is 14. The summed E-state index contributed by atoms with van der Waals surface area (Å²) in [5.74, 6) is -4.86. The molecule has 9 heterocycles. The zero-order valence-corrected chi connectivity index (χ0v) is 49.9. The highest BCUT2D eigenvalue weighted by atomic mass is 32.1. The Morgan fingerprint density at radius 1 is 0.738 bits per heavy atom. The minimum Gasteiger partial charge on any atom is -0.478 e. The molecule has 1 aliphatic rings. The van der Waals surface area contributed by atoms with E-state index in [1.165, 1.54) is 83.0 Å². The number of hydrogen-bond donors (Lipinski definition) is 7. The largest absolute Gasteiger partial charge is 0.478 e. The fourth-order valence-corrected chi connectivity index (χ4v) is 14.3. The molecule has 10 rings (SSSR count). The molecule has 9 aromatic rings. The summed E-state index contributed by atoms with van der Waals surface area (Å²) in [6.45, 7) is 5.13. The molecular formula is C55H49N13O10S6. The number of nitrogens with zero attached hydrogens (tertiary/aromatic N) is 8. The first kappa shape index (κ1) is 58.9. The molecule has 0 spiro atoms. The molecule has 0 radical (unpaired) electrons. The van der Waals surface area contributed by atoms with Crippen molar-refractivity contribution in [3.05, 3.63) is 141 Å². The Bertz CT molecular complexity index is 3960. The Morgan fingerprint density at radius 3 is 2.20 bits per heavy atom. The number of hydrogen-bond acceptors (Lipinski definition) is 23. The van der Waals surface area contributed by atoms with E-state index in [-0.39, 0.29) is 65.3 Å². The first-order valence-electron chi connectivity index (χ1n) is 25.6. The maximum atomic E-state index is 14.4. The molecule has 0 saturated heterocycles. The van der Waals surface area contributed by atoms with Gasteiger partial charge in [-0.2, -0.15) is 0 Å². The van der Waals surface area contributed by atoms with Crippen LogP contribution in [0.25, 0.3) is 43.4 Å². The van der Waals surface area contributed by atoms with Crippen LogP contribution in [0.2, 0.25) is 0 Å². The van der Waals surface area contributed by atoms with Crippen molar-refractivity contribution in [2.75, 3.05) is 26.0 Å². The van der Waals surface area contributed by atoms with Crippen LogP contribution < -0.4 is 26.6 Å². The van der Waals surface area contributed by atoms with Crippen molar-refractivity contribution >= 4 is 115 Å². The van der Waals surface area contributed by atoms with E-state index in [1.54, 1.807) is 70.9 Å². The molecule has 23 nitrogen and oxygen atoms in total. The monoisotopic (exact) mass is 1240 g/mol. The molecule has 1 aliphatic heterocycles. The topological polar surface area (TPSA) is 332 Å². The van der Waals surface area contributed by atoms with Crippen LogP contribution in [-0.4, -0.2) is 112 Å². The van der Waals surface area contributed by atoms with Gasteiger partial charge in [0.2, 0.25) is 11.8 Å². The van der Waals surface area contributed by atoms with Crippen molar-refractivity contribution in [1.82, 2.24) is 61.1 Å². The molecule has 1 aromatic carbocycles. The number of Topliss-reactive ketones (excluding diaryl/α,β-unsaturated/α-hetero) is 1. The highest BCUT2D eigenvalue weighted by Gasteiger charge is 2.33. The standard InChI is InChI=1S/C55H49N13O10S6/c1-24(2)29-15-36(69)41-25(3)83-53(67-41)32(16-39(70)56-4)60-47(74)34-21-79-49(62-34)28-12-14-31(51-65-38(23-82-51)64-46(73)30-13-11-27(17-57-30)55(76)77)59-42(28)33-20-80-52(61-33)35-22-81-54(63-35)44(45(72)26-9-7-6-8-10-26)66-40(71)18-58-48(75)43-37(19-78-5)84-50(29)68-43/h6-14,17,20-24,29,32,44-45,72H,15-16,18-19H2,1-5H3,(H,56,70)(H,58,75)(H,60,74)(H,64,73)(H,66,71)(H,76,77)/t29-,32+,44+,45+/m1/s1. The minimum atomic E-state index is -1.28. The number of aryl methyl sites for hydroxylation is 1. The number of thiazole rings is 6. The summed E-state index contributed by atoms with van der Waals surface area (Å²) < 4.78 is 5.46. The Hall–Kier alpha value is -8.29. The molecule has 0 fully saturated rings. The molecule has 7 N–H and O–H groups in total. The van der Waals surface area contributed by atoms with Gasteiger partial charge < -0.3 is 41.5 Å². The normalized spacial score (nSPS) is 16.3. The summed E-state index contributed by atoms with van der Waals surface area (Å²) in [6.07, 6.45) is -0.456. The number of aliphatic hydroxyl groups is 1. The molecule has 10 bridgehead atoms. The second kappa shape index (κ2) is 25.7. The number of methoxy groups -OCH3 is 1. The number of carbonyl (C=O) groups is 7. The zero-order chi connectivity index (χ0) is 59.3. The first-order valence-corrected chi connectivity index (χ1v) is 30.8. The third-order valence-corrected chi connectivity index (χ3v) is 18.9. The van der Waals surface area contributed by atoms with Gasteiger partial charge in [-0.1, -0.05) is 44.2 Å².